The molecule has 0 aromatic rings. The lowest BCUT2D eigenvalue weighted by Crippen LogP contribution is -2.33. The Hall–Kier alpha value is -1.36. The maximum atomic E-state index is 11.2. The molecule has 1 saturated heterocycles. The van der Waals surface area contributed by atoms with E-state index in [0.717, 1.165) is 13.0 Å². The molecule has 1 unspecified atom stereocenters. The predicted octanol–water partition coefficient (Wildman–Crippen LogP) is 0.316. The van der Waals surface area contributed by atoms with Gasteiger partial charge in [0.05, 0.1) is 0 Å². The highest BCUT2D eigenvalue weighted by molar-refractivity contribution is 5.87. The van der Waals surface area contributed by atoms with E-state index < -0.39 is 11.9 Å². The second kappa shape index (κ2) is 4.76. The minimum absolute atomic E-state index is 0.192. The minimum atomic E-state index is -0.726. The van der Waals surface area contributed by atoms with Crippen molar-refractivity contribution >= 4 is 11.9 Å². The summed E-state index contributed by atoms with van der Waals surface area (Å²) in [5.74, 6) is -1.28. The molecule has 0 bridgehead atoms. The van der Waals surface area contributed by atoms with Crippen LogP contribution in [0.3, 0.4) is 0 Å². The first-order valence-corrected chi connectivity index (χ1v) is 4.43. The van der Waals surface area contributed by atoms with Crippen molar-refractivity contribution in [1.29, 1.82) is 0 Å². The van der Waals surface area contributed by atoms with Gasteiger partial charge in [-0.2, -0.15) is 0 Å². The standard InChI is InChI=1S/C9H13NO4/c1-6(2)8(11)13-14-9(12)7-4-3-5-10-7/h7,10H,1,3-5H2,2H3. The van der Waals surface area contributed by atoms with Crippen LogP contribution in [0.4, 0.5) is 0 Å². The maximum absolute atomic E-state index is 11.2. The summed E-state index contributed by atoms with van der Waals surface area (Å²) in [4.78, 5) is 30.6. The fraction of sp³-hybridized carbons (Fsp3) is 0.556. The number of hydrogen-bond donors (Lipinski definition) is 1. The van der Waals surface area contributed by atoms with Crippen LogP contribution in [0, 0.1) is 0 Å². The molecule has 1 aliphatic heterocycles. The second-order valence-corrected chi connectivity index (χ2v) is 3.20. The number of nitrogens with one attached hydrogen (secondary N) is 1. The van der Waals surface area contributed by atoms with E-state index in [4.69, 9.17) is 0 Å². The third-order valence-electron chi connectivity index (χ3n) is 1.89. The second-order valence-electron chi connectivity index (χ2n) is 3.20. The Morgan fingerprint density at radius 2 is 2.14 bits per heavy atom. The van der Waals surface area contributed by atoms with E-state index in [9.17, 15) is 9.59 Å². The van der Waals surface area contributed by atoms with Crippen molar-refractivity contribution in [2.24, 2.45) is 0 Å². The van der Waals surface area contributed by atoms with Crippen molar-refractivity contribution in [3.05, 3.63) is 12.2 Å². The average Bonchev–Trinajstić information content (AvgIpc) is 2.66. The summed E-state index contributed by atoms with van der Waals surface area (Å²) in [6.45, 7) is 5.61. The molecule has 0 spiro atoms. The maximum Gasteiger partial charge on any atom is 0.381 e. The van der Waals surface area contributed by atoms with Crippen LogP contribution in [-0.2, 0) is 19.4 Å². The molecule has 78 valence electrons. The summed E-state index contributed by atoms with van der Waals surface area (Å²) in [5.41, 5.74) is 0.192. The Kier molecular flexibility index (Phi) is 3.64. The van der Waals surface area contributed by atoms with Crippen molar-refractivity contribution in [3.8, 4) is 0 Å². The molecule has 1 rings (SSSR count). The highest BCUT2D eigenvalue weighted by Gasteiger charge is 2.25. The third kappa shape index (κ3) is 2.85. The van der Waals surface area contributed by atoms with Gasteiger partial charge in [0, 0.05) is 5.57 Å². The van der Waals surface area contributed by atoms with Gasteiger partial charge in [-0.25, -0.2) is 19.4 Å². The Morgan fingerprint density at radius 1 is 1.43 bits per heavy atom. The van der Waals surface area contributed by atoms with Crippen molar-refractivity contribution in [3.63, 3.8) is 0 Å². The van der Waals surface area contributed by atoms with Crippen LogP contribution < -0.4 is 5.32 Å². The Bertz CT molecular complexity index is 256. The number of carbonyl (C=O) groups excluding carboxylic acids is 2. The molecular formula is C9H13NO4. The Labute approximate surface area is 82.0 Å². The van der Waals surface area contributed by atoms with Crippen LogP contribution in [0.2, 0.25) is 0 Å². The molecule has 0 saturated carbocycles. The van der Waals surface area contributed by atoms with Gasteiger partial charge < -0.3 is 5.32 Å². The van der Waals surface area contributed by atoms with E-state index >= 15 is 0 Å². The van der Waals surface area contributed by atoms with E-state index in [0.29, 0.717) is 6.42 Å². The lowest BCUT2D eigenvalue weighted by atomic mass is 10.2. The fourth-order valence-corrected chi connectivity index (χ4v) is 1.09. The molecule has 0 amide bonds. The molecule has 1 heterocycles. The molecule has 14 heavy (non-hydrogen) atoms. The van der Waals surface area contributed by atoms with Crippen LogP contribution in [-0.4, -0.2) is 24.5 Å². The van der Waals surface area contributed by atoms with Gasteiger partial charge in [0.2, 0.25) is 0 Å². The monoisotopic (exact) mass is 199 g/mol. The van der Waals surface area contributed by atoms with E-state index in [1.807, 2.05) is 0 Å². The van der Waals surface area contributed by atoms with E-state index in [1.165, 1.54) is 6.92 Å². The quantitative estimate of drug-likeness (QED) is 0.394. The number of carbonyl (C=O) groups is 2. The summed E-state index contributed by atoms with van der Waals surface area (Å²) < 4.78 is 0. The largest absolute Gasteiger partial charge is 0.381 e. The summed E-state index contributed by atoms with van der Waals surface area (Å²) in [5, 5.41) is 2.92. The first-order chi connectivity index (χ1) is 6.61. The smallest absolute Gasteiger partial charge is 0.304 e. The predicted molar refractivity (Wildman–Crippen MR) is 48.0 cm³/mol. The van der Waals surface area contributed by atoms with Gasteiger partial charge in [-0.3, -0.25) is 0 Å². The zero-order valence-corrected chi connectivity index (χ0v) is 8.04. The van der Waals surface area contributed by atoms with Gasteiger partial charge in [0.1, 0.15) is 6.04 Å². The molecule has 0 aromatic heterocycles. The summed E-state index contributed by atoms with van der Waals surface area (Å²) >= 11 is 0. The zero-order chi connectivity index (χ0) is 10.6. The first-order valence-electron chi connectivity index (χ1n) is 4.43. The Morgan fingerprint density at radius 3 is 2.64 bits per heavy atom. The van der Waals surface area contributed by atoms with Crippen LogP contribution in [0.5, 0.6) is 0 Å². The fourth-order valence-electron chi connectivity index (χ4n) is 1.09. The van der Waals surface area contributed by atoms with Crippen molar-refractivity contribution in [2.45, 2.75) is 25.8 Å². The van der Waals surface area contributed by atoms with Gasteiger partial charge in [0.15, 0.2) is 0 Å². The van der Waals surface area contributed by atoms with Gasteiger partial charge >= 0.3 is 11.9 Å². The van der Waals surface area contributed by atoms with E-state index in [1.54, 1.807) is 0 Å². The summed E-state index contributed by atoms with van der Waals surface area (Å²) in [6, 6.07) is -0.354. The minimum Gasteiger partial charge on any atom is -0.304 e. The molecule has 1 N–H and O–H groups in total. The van der Waals surface area contributed by atoms with Gasteiger partial charge in [-0.15, -0.1) is 0 Å². The molecule has 5 nitrogen and oxygen atoms in total. The molecule has 1 fully saturated rings. The van der Waals surface area contributed by atoms with Gasteiger partial charge in [-0.1, -0.05) is 6.58 Å². The highest BCUT2D eigenvalue weighted by atomic mass is 17.2. The zero-order valence-electron chi connectivity index (χ0n) is 8.04. The topological polar surface area (TPSA) is 64.6 Å². The summed E-state index contributed by atoms with van der Waals surface area (Å²) in [7, 11) is 0. The molecule has 5 heteroatoms. The molecule has 1 atom stereocenters. The van der Waals surface area contributed by atoms with Gasteiger partial charge in [-0.05, 0) is 26.3 Å². The SMILES string of the molecule is C=C(C)C(=O)OOC(=O)C1CCCN1. The van der Waals surface area contributed by atoms with Crippen molar-refractivity contribution in [1.82, 2.24) is 5.32 Å². The van der Waals surface area contributed by atoms with Crippen LogP contribution >= 0.6 is 0 Å². The third-order valence-corrected chi connectivity index (χ3v) is 1.89. The van der Waals surface area contributed by atoms with Crippen molar-refractivity contribution in [2.75, 3.05) is 6.54 Å². The van der Waals surface area contributed by atoms with Crippen molar-refractivity contribution < 1.29 is 19.4 Å². The van der Waals surface area contributed by atoms with Crippen LogP contribution in [0.1, 0.15) is 19.8 Å². The molecular weight excluding hydrogens is 186 g/mol. The van der Waals surface area contributed by atoms with Crippen LogP contribution in [0.25, 0.3) is 0 Å². The molecule has 1 aliphatic rings. The normalized spacial score (nSPS) is 20.2. The molecule has 0 radical (unpaired) electrons. The summed E-state index contributed by atoms with van der Waals surface area (Å²) in [6.07, 6.45) is 1.64. The lowest BCUT2D eigenvalue weighted by Gasteiger charge is -2.07. The molecule has 0 aromatic carbocycles. The highest BCUT2D eigenvalue weighted by Crippen LogP contribution is 2.07. The number of rotatable bonds is 2. The lowest BCUT2D eigenvalue weighted by molar-refractivity contribution is -0.257. The average molecular weight is 199 g/mol. The first kappa shape index (κ1) is 10.7. The Balaban J connectivity index is 2.27. The molecule has 0 aliphatic carbocycles. The van der Waals surface area contributed by atoms with Crippen LogP contribution in [0.15, 0.2) is 12.2 Å². The van der Waals surface area contributed by atoms with E-state index in [-0.39, 0.29) is 11.6 Å². The van der Waals surface area contributed by atoms with Gasteiger partial charge in [0.25, 0.3) is 0 Å². The van der Waals surface area contributed by atoms with E-state index in [2.05, 4.69) is 21.7 Å². The number of hydrogen-bond acceptors (Lipinski definition) is 5.